The van der Waals surface area contributed by atoms with Crippen molar-refractivity contribution in [1.29, 1.82) is 0 Å². The highest BCUT2D eigenvalue weighted by molar-refractivity contribution is 5.83. The number of esters is 1. The van der Waals surface area contributed by atoms with Crippen LogP contribution in [0, 0.1) is 5.41 Å². The van der Waals surface area contributed by atoms with E-state index in [-0.39, 0.29) is 22.6 Å². The van der Waals surface area contributed by atoms with Crippen LogP contribution in [0.4, 0.5) is 0 Å². The molecule has 0 spiro atoms. The lowest BCUT2D eigenvalue weighted by atomic mass is 9.64. The molecule has 0 aromatic rings. The Morgan fingerprint density at radius 3 is 2.53 bits per heavy atom. The number of ether oxygens (including phenoxy) is 2. The average Bonchev–Trinajstić information content (AvgIpc) is 2.94. The molecule has 0 radical (unpaired) electrons. The molecular weight excluding hydrogens is 240 g/mol. The number of allylic oxidation sites excluding steroid dienone is 2. The number of rotatable bonds is 3. The van der Waals surface area contributed by atoms with E-state index in [9.17, 15) is 4.79 Å². The second-order valence-electron chi connectivity index (χ2n) is 6.55. The summed E-state index contributed by atoms with van der Waals surface area (Å²) in [6, 6.07) is 0. The SMILES string of the molecule is COC(=O)/C=C(C)\C=C\C12OC1(C)CCCC2(C)C. The van der Waals surface area contributed by atoms with Gasteiger partial charge in [0.2, 0.25) is 0 Å². The van der Waals surface area contributed by atoms with Crippen LogP contribution in [0.5, 0.6) is 0 Å². The maximum Gasteiger partial charge on any atom is 0.330 e. The van der Waals surface area contributed by atoms with E-state index in [1.54, 1.807) is 0 Å². The smallest absolute Gasteiger partial charge is 0.330 e. The van der Waals surface area contributed by atoms with Crippen LogP contribution in [-0.4, -0.2) is 24.3 Å². The van der Waals surface area contributed by atoms with Gasteiger partial charge >= 0.3 is 5.97 Å². The number of epoxide rings is 1. The first-order valence-corrected chi connectivity index (χ1v) is 6.92. The Labute approximate surface area is 115 Å². The average molecular weight is 264 g/mol. The van der Waals surface area contributed by atoms with Gasteiger partial charge in [-0.05, 0) is 44.8 Å². The Bertz CT molecular complexity index is 447. The Hall–Kier alpha value is -1.09. The van der Waals surface area contributed by atoms with E-state index >= 15 is 0 Å². The summed E-state index contributed by atoms with van der Waals surface area (Å²) >= 11 is 0. The molecule has 2 unspecified atom stereocenters. The van der Waals surface area contributed by atoms with Gasteiger partial charge in [-0.25, -0.2) is 4.79 Å². The van der Waals surface area contributed by atoms with Gasteiger partial charge in [-0.2, -0.15) is 0 Å². The third-order valence-electron chi connectivity index (χ3n) is 4.72. The normalized spacial score (nSPS) is 37.0. The Morgan fingerprint density at radius 2 is 1.95 bits per heavy atom. The first-order chi connectivity index (χ1) is 8.76. The Balaban J connectivity index is 2.18. The van der Waals surface area contributed by atoms with Gasteiger partial charge in [-0.15, -0.1) is 0 Å². The van der Waals surface area contributed by atoms with E-state index in [0.717, 1.165) is 12.0 Å². The molecule has 1 heterocycles. The molecule has 0 aromatic heterocycles. The van der Waals surface area contributed by atoms with Crippen molar-refractivity contribution in [3.05, 3.63) is 23.8 Å². The molecule has 1 aliphatic heterocycles. The summed E-state index contributed by atoms with van der Waals surface area (Å²) in [5.74, 6) is -0.318. The van der Waals surface area contributed by atoms with Crippen LogP contribution in [0.1, 0.15) is 47.0 Å². The molecule has 1 saturated heterocycles. The summed E-state index contributed by atoms with van der Waals surface area (Å²) in [7, 11) is 1.39. The molecule has 2 aliphatic rings. The van der Waals surface area contributed by atoms with Gasteiger partial charge in [0.1, 0.15) is 5.60 Å². The van der Waals surface area contributed by atoms with Crippen LogP contribution in [0.2, 0.25) is 0 Å². The van der Waals surface area contributed by atoms with Gasteiger partial charge in [0.15, 0.2) is 0 Å². The van der Waals surface area contributed by atoms with E-state index in [4.69, 9.17) is 4.74 Å². The van der Waals surface area contributed by atoms with E-state index in [2.05, 4.69) is 31.6 Å². The van der Waals surface area contributed by atoms with Gasteiger partial charge in [-0.3, -0.25) is 0 Å². The fourth-order valence-electron chi connectivity index (χ4n) is 3.45. The molecule has 0 amide bonds. The molecular formula is C16H24O3. The minimum absolute atomic E-state index is 0.0310. The zero-order valence-electron chi connectivity index (χ0n) is 12.6. The topological polar surface area (TPSA) is 38.8 Å². The van der Waals surface area contributed by atoms with Crippen molar-refractivity contribution in [2.75, 3.05) is 7.11 Å². The molecule has 2 fully saturated rings. The predicted molar refractivity (Wildman–Crippen MR) is 74.8 cm³/mol. The van der Waals surface area contributed by atoms with Crippen molar-refractivity contribution in [2.45, 2.75) is 58.2 Å². The maximum absolute atomic E-state index is 11.2. The second kappa shape index (κ2) is 4.48. The number of fused-ring (bicyclic) bond motifs is 1. The van der Waals surface area contributed by atoms with Crippen LogP contribution >= 0.6 is 0 Å². The van der Waals surface area contributed by atoms with Crippen LogP contribution in [0.15, 0.2) is 23.8 Å². The van der Waals surface area contributed by atoms with Crippen molar-refractivity contribution in [1.82, 2.24) is 0 Å². The number of hydrogen-bond acceptors (Lipinski definition) is 3. The number of methoxy groups -OCH3 is 1. The van der Waals surface area contributed by atoms with E-state index in [1.807, 2.05) is 13.0 Å². The Morgan fingerprint density at radius 1 is 1.26 bits per heavy atom. The van der Waals surface area contributed by atoms with Crippen molar-refractivity contribution >= 4 is 5.97 Å². The summed E-state index contributed by atoms with van der Waals surface area (Å²) in [6.45, 7) is 8.62. The summed E-state index contributed by atoms with van der Waals surface area (Å²) in [4.78, 5) is 11.2. The van der Waals surface area contributed by atoms with Crippen LogP contribution in [0.3, 0.4) is 0 Å². The molecule has 1 saturated carbocycles. The summed E-state index contributed by atoms with van der Waals surface area (Å²) in [5, 5.41) is 0. The minimum atomic E-state index is -0.318. The van der Waals surface area contributed by atoms with Crippen LogP contribution in [0.25, 0.3) is 0 Å². The van der Waals surface area contributed by atoms with E-state index in [1.165, 1.54) is 26.0 Å². The largest absolute Gasteiger partial charge is 0.466 e. The number of carbonyl (C=O) groups excluding carboxylic acids is 1. The standard InChI is InChI=1S/C16H24O3/c1-12(11-13(17)18-5)7-10-16-14(2,3)8-6-9-15(16,4)19-16/h7,10-11H,6,8-9H2,1-5H3/b10-7+,12-11-. The summed E-state index contributed by atoms with van der Waals surface area (Å²) in [5.41, 5.74) is 0.822. The highest BCUT2D eigenvalue weighted by Crippen LogP contribution is 2.66. The molecule has 106 valence electrons. The molecule has 3 heteroatoms. The lowest BCUT2D eigenvalue weighted by Crippen LogP contribution is -2.41. The zero-order valence-corrected chi connectivity index (χ0v) is 12.6. The molecule has 19 heavy (non-hydrogen) atoms. The fourth-order valence-corrected chi connectivity index (χ4v) is 3.45. The highest BCUT2D eigenvalue weighted by Gasteiger charge is 2.73. The van der Waals surface area contributed by atoms with E-state index in [0.29, 0.717) is 0 Å². The van der Waals surface area contributed by atoms with Gasteiger partial charge in [0.25, 0.3) is 0 Å². The second-order valence-corrected chi connectivity index (χ2v) is 6.55. The first-order valence-electron chi connectivity index (χ1n) is 6.92. The lowest BCUT2D eigenvalue weighted by molar-refractivity contribution is -0.134. The fraction of sp³-hybridized carbons (Fsp3) is 0.688. The zero-order chi connectivity index (χ0) is 14.3. The highest BCUT2D eigenvalue weighted by atomic mass is 16.6. The van der Waals surface area contributed by atoms with Gasteiger partial charge in [0.05, 0.1) is 12.7 Å². The van der Waals surface area contributed by atoms with Gasteiger partial charge in [0, 0.05) is 11.5 Å². The molecule has 1 aliphatic carbocycles. The Kier molecular flexibility index (Phi) is 3.38. The third-order valence-corrected chi connectivity index (χ3v) is 4.72. The third kappa shape index (κ3) is 2.25. The molecule has 0 aromatic carbocycles. The quantitative estimate of drug-likeness (QED) is 0.339. The summed E-state index contributed by atoms with van der Waals surface area (Å²) in [6.07, 6.45) is 9.13. The van der Waals surface area contributed by atoms with Gasteiger partial charge in [-0.1, -0.05) is 19.9 Å². The van der Waals surface area contributed by atoms with Crippen molar-refractivity contribution in [3.8, 4) is 0 Å². The molecule has 2 rings (SSSR count). The van der Waals surface area contributed by atoms with E-state index < -0.39 is 0 Å². The lowest BCUT2D eigenvalue weighted by Gasteiger charge is -2.36. The molecule has 2 atom stereocenters. The molecule has 0 N–H and O–H groups in total. The summed E-state index contributed by atoms with van der Waals surface area (Å²) < 4.78 is 10.7. The maximum atomic E-state index is 11.2. The molecule has 3 nitrogen and oxygen atoms in total. The van der Waals surface area contributed by atoms with Crippen LogP contribution in [-0.2, 0) is 14.3 Å². The van der Waals surface area contributed by atoms with Crippen LogP contribution < -0.4 is 0 Å². The number of hydrogen-bond donors (Lipinski definition) is 0. The van der Waals surface area contributed by atoms with Crippen molar-refractivity contribution in [2.24, 2.45) is 5.41 Å². The van der Waals surface area contributed by atoms with Crippen molar-refractivity contribution in [3.63, 3.8) is 0 Å². The van der Waals surface area contributed by atoms with Crippen molar-refractivity contribution < 1.29 is 14.3 Å². The monoisotopic (exact) mass is 264 g/mol. The first kappa shape index (κ1) is 14.3. The molecule has 0 bridgehead atoms. The van der Waals surface area contributed by atoms with Gasteiger partial charge < -0.3 is 9.47 Å². The predicted octanol–water partition coefficient (Wildman–Crippen LogP) is 3.40. The number of carbonyl (C=O) groups is 1. The minimum Gasteiger partial charge on any atom is -0.466 e.